The summed E-state index contributed by atoms with van der Waals surface area (Å²) in [6.45, 7) is 15.8. The number of aryl methyl sites for hydroxylation is 1. The fraction of sp³-hybridized carbons (Fsp3) is 0.667. The van der Waals surface area contributed by atoms with E-state index in [9.17, 15) is 28.6 Å². The zero-order chi connectivity index (χ0) is 35.9. The van der Waals surface area contributed by atoms with Crippen molar-refractivity contribution in [3.63, 3.8) is 0 Å². The fourth-order valence-electron chi connectivity index (χ4n) is 7.44. The first-order valence-corrected chi connectivity index (χ1v) is 19.3. The van der Waals surface area contributed by atoms with Crippen molar-refractivity contribution in [3.8, 4) is 0 Å². The number of fused-ring (bicyclic) bond motifs is 3. The van der Waals surface area contributed by atoms with Gasteiger partial charge < -0.3 is 29.9 Å². The Hall–Kier alpha value is -3.37. The molecule has 270 valence electrons. The van der Waals surface area contributed by atoms with Crippen molar-refractivity contribution in [1.29, 1.82) is 0 Å². The molecule has 4 amide bonds. The van der Waals surface area contributed by atoms with Gasteiger partial charge in [-0.3, -0.25) is 19.1 Å². The van der Waals surface area contributed by atoms with Crippen LogP contribution in [0.25, 0.3) is 0 Å². The lowest BCUT2D eigenvalue weighted by Crippen LogP contribution is -2.58. The maximum absolute atomic E-state index is 14.4. The van der Waals surface area contributed by atoms with E-state index in [1.54, 1.807) is 38.7 Å². The number of amides is 4. The highest BCUT2D eigenvalue weighted by Crippen LogP contribution is 2.69. The highest BCUT2D eigenvalue weighted by molar-refractivity contribution is 7.60. The van der Waals surface area contributed by atoms with E-state index in [-0.39, 0.29) is 37.6 Å². The molecule has 1 aromatic carbocycles. The first-order valence-electron chi connectivity index (χ1n) is 17.5. The molecule has 13 heteroatoms. The molecule has 1 aliphatic carbocycles. The summed E-state index contributed by atoms with van der Waals surface area (Å²) in [6, 6.07) is 3.93. The van der Waals surface area contributed by atoms with Gasteiger partial charge in [-0.1, -0.05) is 72.2 Å². The van der Waals surface area contributed by atoms with E-state index in [0.717, 1.165) is 36.8 Å². The Morgan fingerprint density at radius 1 is 1.18 bits per heavy atom. The standard InChI is InChI=1S/C36H53N4O8P/c1-8-25-18-36(25,49(45,46)9-2)38-30(41)28-17-26-20-40(28)31(42)29(34(3,4)5)37-32(43)47-22-35(6,7)16-11-10-13-23-14-12-15-24-19-39(21-27(23)24)33(44)48-26/h8,12,14-15,25-26,28-29H,1,9-11,13,16-22H2,2-7H3,(H,37,43)(H,38,41)(H,45,46)/t25-,26-,28+,29-,36+/m1/s1. The van der Waals surface area contributed by atoms with E-state index < -0.39 is 66.2 Å². The molecule has 1 saturated heterocycles. The van der Waals surface area contributed by atoms with Gasteiger partial charge in [0.2, 0.25) is 19.2 Å². The third-order valence-corrected chi connectivity index (χ3v) is 13.4. The third-order valence-electron chi connectivity index (χ3n) is 10.6. The number of nitrogens with zero attached hydrogens (tertiary/aromatic N) is 2. The number of nitrogens with one attached hydrogen (secondary N) is 2. The van der Waals surface area contributed by atoms with E-state index in [1.165, 1.54) is 10.5 Å². The number of benzene rings is 1. The van der Waals surface area contributed by atoms with Crippen LogP contribution in [0.3, 0.4) is 0 Å². The molecule has 3 heterocycles. The Morgan fingerprint density at radius 3 is 2.55 bits per heavy atom. The fourth-order valence-corrected chi connectivity index (χ4v) is 9.39. The van der Waals surface area contributed by atoms with Gasteiger partial charge in [-0.25, -0.2) is 9.59 Å². The maximum atomic E-state index is 14.4. The smallest absolute Gasteiger partial charge is 0.410 e. The van der Waals surface area contributed by atoms with E-state index in [4.69, 9.17) is 9.47 Å². The van der Waals surface area contributed by atoms with E-state index in [2.05, 4.69) is 23.3 Å². The molecular weight excluding hydrogens is 647 g/mol. The number of hydrogen-bond acceptors (Lipinski definition) is 7. The summed E-state index contributed by atoms with van der Waals surface area (Å²) in [5.41, 5.74) is 2.31. The van der Waals surface area contributed by atoms with Crippen molar-refractivity contribution in [3.05, 3.63) is 47.5 Å². The highest BCUT2D eigenvalue weighted by atomic mass is 31.2. The van der Waals surface area contributed by atoms with Gasteiger partial charge in [-0.05, 0) is 53.2 Å². The summed E-state index contributed by atoms with van der Waals surface area (Å²) in [4.78, 5) is 69.1. The highest BCUT2D eigenvalue weighted by Gasteiger charge is 2.65. The first kappa shape index (κ1) is 36.9. The molecule has 0 aromatic heterocycles. The lowest BCUT2D eigenvalue weighted by molar-refractivity contribution is -0.142. The molecule has 4 bridgehead atoms. The van der Waals surface area contributed by atoms with E-state index in [0.29, 0.717) is 13.1 Å². The second-order valence-electron chi connectivity index (χ2n) is 16.0. The minimum absolute atomic E-state index is 0.0124. The summed E-state index contributed by atoms with van der Waals surface area (Å²) < 4.78 is 24.9. The molecule has 12 nitrogen and oxygen atoms in total. The number of alkyl carbamates (subject to hydrolysis) is 1. The van der Waals surface area contributed by atoms with Crippen molar-refractivity contribution in [2.45, 2.75) is 117 Å². The summed E-state index contributed by atoms with van der Waals surface area (Å²) in [5.74, 6) is -1.55. The predicted octanol–water partition coefficient (Wildman–Crippen LogP) is 5.31. The number of cyclic esters (lactones) is 1. The van der Waals surface area contributed by atoms with Crippen LogP contribution in [0.2, 0.25) is 0 Å². The minimum atomic E-state index is -3.82. The van der Waals surface area contributed by atoms with Gasteiger partial charge in [-0.15, -0.1) is 6.58 Å². The Kier molecular flexibility index (Phi) is 10.3. The van der Waals surface area contributed by atoms with Crippen molar-refractivity contribution < 1.29 is 38.1 Å². The van der Waals surface area contributed by atoms with Crippen molar-refractivity contribution in [2.24, 2.45) is 16.7 Å². The van der Waals surface area contributed by atoms with Crippen LogP contribution in [0.1, 0.15) is 90.3 Å². The molecule has 5 rings (SSSR count). The van der Waals surface area contributed by atoms with Crippen molar-refractivity contribution in [2.75, 3.05) is 19.3 Å². The Balaban J connectivity index is 1.46. The van der Waals surface area contributed by atoms with Crippen LogP contribution >= 0.6 is 7.37 Å². The van der Waals surface area contributed by atoms with Crippen LogP contribution in [-0.4, -0.2) is 81.5 Å². The van der Waals surface area contributed by atoms with Crippen molar-refractivity contribution >= 4 is 31.4 Å². The summed E-state index contributed by atoms with van der Waals surface area (Å²) in [6.07, 6.45) is 3.22. The number of hydrogen-bond donors (Lipinski definition) is 3. The molecule has 4 aliphatic rings. The zero-order valence-electron chi connectivity index (χ0n) is 29.8. The van der Waals surface area contributed by atoms with Gasteiger partial charge in [0.15, 0.2) is 0 Å². The van der Waals surface area contributed by atoms with Crippen LogP contribution in [-0.2, 0) is 43.1 Å². The van der Waals surface area contributed by atoms with Crippen LogP contribution < -0.4 is 10.6 Å². The van der Waals surface area contributed by atoms with Crippen LogP contribution in [0.15, 0.2) is 30.9 Å². The Morgan fingerprint density at radius 2 is 1.90 bits per heavy atom. The van der Waals surface area contributed by atoms with Gasteiger partial charge in [0.05, 0.1) is 13.2 Å². The molecule has 49 heavy (non-hydrogen) atoms. The second-order valence-corrected chi connectivity index (χ2v) is 18.9. The molecule has 6 atom stereocenters. The van der Waals surface area contributed by atoms with Gasteiger partial charge in [-0.2, -0.15) is 0 Å². The number of carbonyl (C=O) groups is 4. The van der Waals surface area contributed by atoms with Crippen LogP contribution in [0.4, 0.5) is 9.59 Å². The van der Waals surface area contributed by atoms with Gasteiger partial charge >= 0.3 is 12.2 Å². The molecule has 0 radical (unpaired) electrons. The predicted molar refractivity (Wildman–Crippen MR) is 185 cm³/mol. The molecule has 1 saturated carbocycles. The molecule has 3 N–H and O–H groups in total. The lowest BCUT2D eigenvalue weighted by atomic mass is 9.85. The lowest BCUT2D eigenvalue weighted by Gasteiger charge is -2.36. The summed E-state index contributed by atoms with van der Waals surface area (Å²) in [5, 5.41) is 4.21. The Bertz CT molecular complexity index is 1540. The molecule has 2 fully saturated rings. The third kappa shape index (κ3) is 7.70. The normalized spacial score (nSPS) is 30.4. The van der Waals surface area contributed by atoms with Crippen molar-refractivity contribution in [1.82, 2.24) is 20.4 Å². The number of rotatable bonds is 5. The molecule has 1 aromatic rings. The average molecular weight is 701 g/mol. The quantitative estimate of drug-likeness (QED) is 0.276. The molecule has 0 spiro atoms. The SMILES string of the molecule is C=C[C@@H]1C[C@]1(NC(=O)[C@@H]1C[C@@H]2CN1C(=O)[C@H](C(C)(C)C)NC(=O)OCC(C)(C)CCCCc1cccc3c1CN(C3)C(=O)O2)P(=O)(O)CC. The maximum Gasteiger partial charge on any atom is 0.410 e. The first-order chi connectivity index (χ1) is 22.9. The minimum Gasteiger partial charge on any atom is -0.449 e. The monoisotopic (exact) mass is 700 g/mol. The molecular formula is C36H53N4O8P. The van der Waals surface area contributed by atoms with Crippen LogP contribution in [0.5, 0.6) is 0 Å². The largest absolute Gasteiger partial charge is 0.449 e. The van der Waals surface area contributed by atoms with E-state index in [1.807, 2.05) is 26.0 Å². The summed E-state index contributed by atoms with van der Waals surface area (Å²) in [7, 11) is -3.82. The average Bonchev–Trinajstić information content (AvgIpc) is 3.35. The zero-order valence-corrected chi connectivity index (χ0v) is 30.6. The topological polar surface area (TPSA) is 155 Å². The number of ether oxygens (including phenoxy) is 2. The van der Waals surface area contributed by atoms with Gasteiger partial charge in [0.25, 0.3) is 0 Å². The Labute approximate surface area is 289 Å². The summed E-state index contributed by atoms with van der Waals surface area (Å²) >= 11 is 0. The second kappa shape index (κ2) is 13.7. The van der Waals surface area contributed by atoms with Gasteiger partial charge in [0.1, 0.15) is 23.5 Å². The molecule has 3 aliphatic heterocycles. The van der Waals surface area contributed by atoms with Gasteiger partial charge in [0, 0.05) is 31.6 Å². The van der Waals surface area contributed by atoms with Crippen LogP contribution in [0, 0.1) is 16.7 Å². The number of carbonyl (C=O) groups excluding carboxylic acids is 4. The van der Waals surface area contributed by atoms with E-state index >= 15 is 0 Å². The molecule has 1 unspecified atom stereocenters.